The summed E-state index contributed by atoms with van der Waals surface area (Å²) < 4.78 is 17.2. The Kier molecular flexibility index (Phi) is 17.1. The molecule has 2 saturated heterocycles. The van der Waals surface area contributed by atoms with Gasteiger partial charge in [-0.15, -0.1) is 0 Å². The third-order valence-electron chi connectivity index (χ3n) is 11.4. The topological polar surface area (TPSA) is 142 Å². The summed E-state index contributed by atoms with van der Waals surface area (Å²) in [5.41, 5.74) is 9.76. The average Bonchev–Trinajstić information content (AvgIpc) is 4.05. The van der Waals surface area contributed by atoms with E-state index in [1.54, 1.807) is 16.9 Å². The van der Waals surface area contributed by atoms with E-state index >= 15 is 0 Å². The van der Waals surface area contributed by atoms with E-state index in [4.69, 9.17) is 25.8 Å². The van der Waals surface area contributed by atoms with Crippen molar-refractivity contribution in [2.24, 2.45) is 10.7 Å². The highest BCUT2D eigenvalue weighted by Gasteiger charge is 2.51. The third-order valence-corrected chi connectivity index (χ3v) is 11.6. The molecule has 326 valence electrons. The summed E-state index contributed by atoms with van der Waals surface area (Å²) >= 11 is 6.79. The number of carbonyl (C=O) groups is 3. The molecule has 3 fully saturated rings. The number of amides is 3. The summed E-state index contributed by atoms with van der Waals surface area (Å²) in [6.45, 7) is 21.1. The number of piperazine rings is 1. The fraction of sp³-hybridized carbons (Fsp3) is 0.600. The van der Waals surface area contributed by atoms with Gasteiger partial charge in [-0.3, -0.25) is 9.69 Å². The lowest BCUT2D eigenvalue weighted by molar-refractivity contribution is -0.133. The van der Waals surface area contributed by atoms with Crippen LogP contribution in [-0.4, -0.2) is 127 Å². The van der Waals surface area contributed by atoms with Crippen LogP contribution in [0.1, 0.15) is 104 Å². The Morgan fingerprint density at radius 3 is 2.24 bits per heavy atom. The summed E-state index contributed by atoms with van der Waals surface area (Å²) in [6, 6.07) is 5.69. The number of piperidine rings is 1. The van der Waals surface area contributed by atoms with Crippen LogP contribution in [0, 0.1) is 0 Å². The molecule has 59 heavy (non-hydrogen) atoms. The van der Waals surface area contributed by atoms with Crippen molar-refractivity contribution in [1.82, 2.24) is 24.9 Å². The fourth-order valence-corrected chi connectivity index (χ4v) is 8.16. The highest BCUT2D eigenvalue weighted by molar-refractivity contribution is 6.30. The minimum Gasteiger partial charge on any atom is -0.446 e. The smallest absolute Gasteiger partial charge is 0.410 e. The minimum absolute atomic E-state index is 0.0173. The molecule has 2 atom stereocenters. The predicted molar refractivity (Wildman–Crippen MR) is 236 cm³/mol. The third kappa shape index (κ3) is 12.1. The number of nitrogens with two attached hydrogens (primary N) is 1. The first-order valence-corrected chi connectivity index (χ1v) is 21.5. The molecular weight excluding hydrogens is 770 g/mol. The van der Waals surface area contributed by atoms with Crippen molar-refractivity contribution in [2.45, 2.75) is 116 Å². The van der Waals surface area contributed by atoms with Crippen LogP contribution >= 0.6 is 11.6 Å². The van der Waals surface area contributed by atoms with Gasteiger partial charge in [0, 0.05) is 90.1 Å². The minimum atomic E-state index is -0.801. The number of halogens is 1. The molecule has 0 aromatic heterocycles. The average molecular weight is 839 g/mol. The Morgan fingerprint density at radius 1 is 1.03 bits per heavy atom. The molecule has 6 rings (SSSR count). The first-order chi connectivity index (χ1) is 28.1. The van der Waals surface area contributed by atoms with Gasteiger partial charge in [-0.1, -0.05) is 44.2 Å². The van der Waals surface area contributed by atoms with Crippen LogP contribution in [0.15, 0.2) is 65.0 Å². The molecule has 0 spiro atoms. The van der Waals surface area contributed by atoms with Crippen molar-refractivity contribution in [2.75, 3.05) is 60.0 Å². The molecule has 3 heterocycles. The van der Waals surface area contributed by atoms with Gasteiger partial charge in [-0.25, -0.2) is 14.6 Å². The summed E-state index contributed by atoms with van der Waals surface area (Å²) in [6.07, 6.45) is 10.3. The number of methoxy groups -OCH3 is 1. The Bertz CT molecular complexity index is 1770. The summed E-state index contributed by atoms with van der Waals surface area (Å²) in [5.74, 6) is -0.110. The highest BCUT2D eigenvalue weighted by atomic mass is 35.5. The molecule has 5 aliphatic rings. The van der Waals surface area contributed by atoms with E-state index in [0.717, 1.165) is 47.2 Å². The van der Waals surface area contributed by atoms with Crippen molar-refractivity contribution < 1.29 is 28.6 Å². The zero-order chi connectivity index (χ0) is 43.5. The van der Waals surface area contributed by atoms with Gasteiger partial charge in [0.15, 0.2) is 0 Å². The lowest BCUT2D eigenvalue weighted by Crippen LogP contribution is -2.51. The maximum absolute atomic E-state index is 13.9. The largest absolute Gasteiger partial charge is 0.446 e. The molecule has 0 radical (unpaired) electrons. The molecule has 1 saturated carbocycles. The maximum Gasteiger partial charge on any atom is 0.410 e. The molecule has 2 unspecified atom stereocenters. The molecule has 13 nitrogen and oxygen atoms in total. The van der Waals surface area contributed by atoms with Crippen molar-refractivity contribution in [3.63, 3.8) is 0 Å². The number of carbonyl (C=O) groups excluding carboxylic acids is 3. The number of nitrogens with one attached hydrogen (secondary N) is 1. The van der Waals surface area contributed by atoms with Gasteiger partial charge >= 0.3 is 12.2 Å². The maximum atomic E-state index is 13.9. The molecule has 3 aliphatic heterocycles. The molecule has 3 N–H and O–H groups in total. The van der Waals surface area contributed by atoms with E-state index in [-0.39, 0.29) is 30.2 Å². The number of aliphatic imine (C=N–C) groups is 1. The lowest BCUT2D eigenvalue weighted by Gasteiger charge is -2.40. The van der Waals surface area contributed by atoms with Crippen LogP contribution in [0.5, 0.6) is 0 Å². The van der Waals surface area contributed by atoms with Gasteiger partial charge in [0.2, 0.25) is 0 Å². The van der Waals surface area contributed by atoms with Gasteiger partial charge < -0.3 is 40.0 Å². The summed E-state index contributed by atoms with van der Waals surface area (Å²) in [7, 11) is 3.61. The highest BCUT2D eigenvalue weighted by Crippen LogP contribution is 2.46. The Labute approximate surface area is 357 Å². The normalized spacial score (nSPS) is 21.9. The number of nitrogens with zero attached hydrogens (tertiary/aromatic N) is 5. The second kappa shape index (κ2) is 21.3. The van der Waals surface area contributed by atoms with Gasteiger partial charge in [0.1, 0.15) is 17.3 Å². The van der Waals surface area contributed by atoms with Crippen LogP contribution < -0.4 is 11.1 Å². The molecular formula is C45H68ClN7O6. The second-order valence-electron chi connectivity index (χ2n) is 16.4. The van der Waals surface area contributed by atoms with E-state index < -0.39 is 17.2 Å². The quantitative estimate of drug-likeness (QED) is 0.283. The first-order valence-electron chi connectivity index (χ1n) is 21.1. The van der Waals surface area contributed by atoms with Crippen molar-refractivity contribution >= 4 is 41.6 Å². The summed E-state index contributed by atoms with van der Waals surface area (Å²) in [4.78, 5) is 52.4. The second-order valence-corrected chi connectivity index (χ2v) is 16.9. The van der Waals surface area contributed by atoms with E-state index in [1.165, 1.54) is 11.8 Å². The van der Waals surface area contributed by atoms with E-state index in [0.29, 0.717) is 70.0 Å². The first kappa shape index (κ1) is 47.3. The molecule has 3 amide bonds. The van der Waals surface area contributed by atoms with Gasteiger partial charge in [0.05, 0.1) is 12.4 Å². The van der Waals surface area contributed by atoms with Crippen molar-refractivity contribution in [3.8, 4) is 0 Å². The monoisotopic (exact) mass is 837 g/mol. The van der Waals surface area contributed by atoms with E-state index in [2.05, 4.69) is 58.4 Å². The molecule has 0 bridgehead atoms. The zero-order valence-corrected chi connectivity index (χ0v) is 37.6. The van der Waals surface area contributed by atoms with Gasteiger partial charge in [0.25, 0.3) is 5.91 Å². The number of hydrogen-bond donors (Lipinski definition) is 2. The van der Waals surface area contributed by atoms with Crippen LogP contribution in [0.2, 0.25) is 5.02 Å². The lowest BCUT2D eigenvalue weighted by atomic mass is 9.85. The number of ether oxygens (including phenoxy) is 3. The van der Waals surface area contributed by atoms with Crippen molar-refractivity contribution in [1.29, 1.82) is 0 Å². The standard InChI is InChI=1S/C41H57ClN6O6.C2H5N.C2H6/c1-8-28-23-34(46-19-21-48(22-20-46)38(50)53-31-12-17-47(18-13-31)39(51)54-40(3,4)5)32-10-9-30(42)24-33(32)35(27(28)2)36(29-11-16-45(6)26-43-25-29)44-37(49)41(52-7)14-15-41;1-2-3;1-2/h8-10,24-26,31,34,36H,11-23H2,1-7H3,(H,44,49);2H,1,3H2;1-2H3/b28-8+;;. The Morgan fingerprint density at radius 2 is 1.66 bits per heavy atom. The molecule has 1 aromatic rings. The zero-order valence-electron chi connectivity index (χ0n) is 36.8. The van der Waals surface area contributed by atoms with Crippen LogP contribution in [0.25, 0.3) is 5.57 Å². The molecule has 2 aliphatic carbocycles. The molecule has 1 aromatic carbocycles. The molecule has 14 heteroatoms. The number of hydrogen-bond acceptors (Lipinski definition) is 10. The number of likely N-dealkylation sites (tertiary alicyclic amines) is 1. The van der Waals surface area contributed by atoms with Gasteiger partial charge in [-0.05, 0) is 112 Å². The summed E-state index contributed by atoms with van der Waals surface area (Å²) in [5, 5.41) is 4.05. The van der Waals surface area contributed by atoms with Crippen LogP contribution in [0.3, 0.4) is 0 Å². The van der Waals surface area contributed by atoms with E-state index in [1.807, 2.05) is 66.3 Å². The Hall–Kier alpha value is -4.33. The number of benzene rings is 1. The predicted octanol–water partition coefficient (Wildman–Crippen LogP) is 7.68. The Balaban J connectivity index is 0.00000147. The number of fused-ring (bicyclic) bond motifs is 1. The number of allylic oxidation sites excluding steroid dienone is 2. The van der Waals surface area contributed by atoms with E-state index in [9.17, 15) is 14.4 Å². The SMILES string of the molecule is C/C=C1\CC(N2CCN(C(=O)OC3CCN(C(=O)OC(C)(C)C)CC3)CC2)c2ccc(Cl)cc2C(C(NC(=O)C2(OC)CC2)C2=CN=CN(C)CC2)=C1C.C=CN.CC. The van der Waals surface area contributed by atoms with Crippen LogP contribution in [-0.2, 0) is 19.0 Å². The number of rotatable bonds is 7. The van der Waals surface area contributed by atoms with Crippen molar-refractivity contribution in [3.05, 3.63) is 76.1 Å². The van der Waals surface area contributed by atoms with Gasteiger partial charge in [-0.2, -0.15) is 0 Å². The fourth-order valence-electron chi connectivity index (χ4n) is 7.99. The van der Waals surface area contributed by atoms with Crippen LogP contribution in [0.4, 0.5) is 9.59 Å².